The number of unbranched alkanes of at least 4 members (excludes halogenated alkanes) is 2. The van der Waals surface area contributed by atoms with Crippen LogP contribution >= 0.6 is 11.8 Å². The first-order valence-corrected chi connectivity index (χ1v) is 10.2. The van der Waals surface area contributed by atoms with Crippen molar-refractivity contribution < 1.29 is 14.3 Å². The molecular weight excluding hydrogens is 334 g/mol. The number of nitrogens with zero attached hydrogens (tertiary/aromatic N) is 1. The van der Waals surface area contributed by atoms with Crippen molar-refractivity contribution in [1.82, 2.24) is 4.90 Å². The summed E-state index contributed by atoms with van der Waals surface area (Å²) in [6.45, 7) is 6.54. The van der Waals surface area contributed by atoms with Crippen molar-refractivity contribution in [2.75, 3.05) is 12.4 Å². The van der Waals surface area contributed by atoms with Crippen LogP contribution < -0.4 is 0 Å². The van der Waals surface area contributed by atoms with Crippen LogP contribution in [-0.4, -0.2) is 35.2 Å². The molecule has 0 unspecified atom stereocenters. The maximum Gasteiger partial charge on any atom is 0.329 e. The number of hydrogen-bond donors (Lipinski definition) is 0. The van der Waals surface area contributed by atoms with Gasteiger partial charge < -0.3 is 9.64 Å². The van der Waals surface area contributed by atoms with Crippen LogP contribution in [0.4, 0.5) is 0 Å². The summed E-state index contributed by atoms with van der Waals surface area (Å²) in [7, 11) is 0. The summed E-state index contributed by atoms with van der Waals surface area (Å²) in [6, 6.07) is 9.46. The van der Waals surface area contributed by atoms with Crippen molar-refractivity contribution in [2.24, 2.45) is 5.92 Å². The molecule has 0 spiro atoms. The standard InChI is InChI=1S/C20H29NO3S/c1-4-5-7-12-18(22)21-17(20(23)24-13-15(2)3)14-25-19(21)16-10-8-6-9-11-16/h6,8-11,15,17,19H,4-5,7,12-14H2,1-3H3/t17-,19+/m0/s1. The highest BCUT2D eigenvalue weighted by atomic mass is 32.2. The third-order valence-electron chi connectivity index (χ3n) is 4.20. The molecule has 2 atom stereocenters. The highest BCUT2D eigenvalue weighted by Gasteiger charge is 2.42. The van der Waals surface area contributed by atoms with Gasteiger partial charge in [0, 0.05) is 12.2 Å². The smallest absolute Gasteiger partial charge is 0.329 e. The monoisotopic (exact) mass is 363 g/mol. The Morgan fingerprint density at radius 3 is 2.60 bits per heavy atom. The molecule has 1 aliphatic heterocycles. The summed E-state index contributed by atoms with van der Waals surface area (Å²) in [5.41, 5.74) is 1.07. The number of benzene rings is 1. The Hall–Kier alpha value is -1.49. The van der Waals surface area contributed by atoms with Gasteiger partial charge in [-0.2, -0.15) is 0 Å². The van der Waals surface area contributed by atoms with E-state index in [2.05, 4.69) is 6.92 Å². The largest absolute Gasteiger partial charge is 0.464 e. The van der Waals surface area contributed by atoms with E-state index < -0.39 is 6.04 Å². The third kappa shape index (κ3) is 5.50. The Morgan fingerprint density at radius 1 is 1.24 bits per heavy atom. The van der Waals surface area contributed by atoms with Crippen molar-refractivity contribution in [3.8, 4) is 0 Å². The van der Waals surface area contributed by atoms with Crippen LogP contribution in [0.15, 0.2) is 30.3 Å². The van der Waals surface area contributed by atoms with Crippen LogP contribution in [0.2, 0.25) is 0 Å². The number of rotatable bonds is 8. The van der Waals surface area contributed by atoms with Gasteiger partial charge in [-0.15, -0.1) is 11.8 Å². The molecule has 0 radical (unpaired) electrons. The summed E-state index contributed by atoms with van der Waals surface area (Å²) >= 11 is 1.65. The fraction of sp³-hybridized carbons (Fsp3) is 0.600. The van der Waals surface area contributed by atoms with Gasteiger partial charge in [-0.05, 0) is 17.9 Å². The van der Waals surface area contributed by atoms with E-state index >= 15 is 0 Å². The molecule has 5 heteroatoms. The molecule has 2 rings (SSSR count). The summed E-state index contributed by atoms with van der Waals surface area (Å²) in [4.78, 5) is 27.2. The van der Waals surface area contributed by atoms with Gasteiger partial charge in [0.05, 0.1) is 6.61 Å². The molecule has 1 aliphatic rings. The van der Waals surface area contributed by atoms with E-state index in [9.17, 15) is 9.59 Å². The van der Waals surface area contributed by atoms with E-state index in [0.29, 0.717) is 18.8 Å². The SMILES string of the molecule is CCCCCC(=O)N1[C@@H](c2ccccc2)SC[C@H]1C(=O)OCC(C)C. The van der Waals surface area contributed by atoms with Gasteiger partial charge in [-0.25, -0.2) is 4.79 Å². The maximum atomic E-state index is 12.9. The van der Waals surface area contributed by atoms with E-state index in [1.165, 1.54) is 0 Å². The second-order valence-electron chi connectivity index (χ2n) is 6.89. The van der Waals surface area contributed by atoms with Gasteiger partial charge >= 0.3 is 5.97 Å². The summed E-state index contributed by atoms with van der Waals surface area (Å²) < 4.78 is 5.43. The molecule has 1 saturated heterocycles. The summed E-state index contributed by atoms with van der Waals surface area (Å²) in [5, 5.41) is -0.105. The van der Waals surface area contributed by atoms with E-state index in [1.54, 1.807) is 16.7 Å². The van der Waals surface area contributed by atoms with E-state index in [-0.39, 0.29) is 23.2 Å². The number of carbonyl (C=O) groups is 2. The number of esters is 1. The Morgan fingerprint density at radius 2 is 1.96 bits per heavy atom. The Kier molecular flexibility index (Phi) is 7.82. The van der Waals surface area contributed by atoms with Crippen molar-refractivity contribution in [3.05, 3.63) is 35.9 Å². The molecule has 138 valence electrons. The molecule has 4 nitrogen and oxygen atoms in total. The molecule has 0 saturated carbocycles. The molecule has 0 aromatic heterocycles. The third-order valence-corrected chi connectivity index (χ3v) is 5.52. The van der Waals surface area contributed by atoms with Gasteiger partial charge in [-0.3, -0.25) is 4.79 Å². The molecule has 1 amide bonds. The van der Waals surface area contributed by atoms with Gasteiger partial charge in [0.1, 0.15) is 11.4 Å². The van der Waals surface area contributed by atoms with Crippen LogP contribution in [0.3, 0.4) is 0 Å². The lowest BCUT2D eigenvalue weighted by Gasteiger charge is -2.29. The first-order chi connectivity index (χ1) is 12.0. The zero-order chi connectivity index (χ0) is 18.2. The Bertz CT molecular complexity index is 561. The van der Waals surface area contributed by atoms with Crippen LogP contribution in [-0.2, 0) is 14.3 Å². The lowest BCUT2D eigenvalue weighted by atomic mass is 10.1. The zero-order valence-corrected chi connectivity index (χ0v) is 16.3. The Balaban J connectivity index is 2.14. The highest BCUT2D eigenvalue weighted by molar-refractivity contribution is 7.99. The number of ether oxygens (including phenoxy) is 1. The summed E-state index contributed by atoms with van der Waals surface area (Å²) in [6.07, 6.45) is 3.46. The lowest BCUT2D eigenvalue weighted by molar-refractivity contribution is -0.155. The Labute approximate surface area is 155 Å². The molecule has 1 aromatic rings. The average molecular weight is 364 g/mol. The topological polar surface area (TPSA) is 46.6 Å². The average Bonchev–Trinajstić information content (AvgIpc) is 3.05. The zero-order valence-electron chi connectivity index (χ0n) is 15.4. The molecular formula is C20H29NO3S. The minimum absolute atomic E-state index is 0.0544. The van der Waals surface area contributed by atoms with E-state index in [4.69, 9.17) is 4.74 Å². The number of amides is 1. The van der Waals surface area contributed by atoms with Crippen molar-refractivity contribution in [2.45, 2.75) is 57.9 Å². The lowest BCUT2D eigenvalue weighted by Crippen LogP contribution is -2.44. The predicted octanol–water partition coefficient (Wildman–Crippen LogP) is 4.41. The number of carbonyl (C=O) groups excluding carboxylic acids is 2. The van der Waals surface area contributed by atoms with Crippen LogP contribution in [0.25, 0.3) is 0 Å². The second-order valence-corrected chi connectivity index (χ2v) is 8.01. The first kappa shape index (κ1) is 19.8. The molecule has 0 bridgehead atoms. The fourth-order valence-corrected chi connectivity index (χ4v) is 4.30. The van der Waals surface area contributed by atoms with Gasteiger partial charge in [0.25, 0.3) is 0 Å². The van der Waals surface area contributed by atoms with Gasteiger partial charge in [0.2, 0.25) is 5.91 Å². The molecule has 25 heavy (non-hydrogen) atoms. The first-order valence-electron chi connectivity index (χ1n) is 9.19. The van der Waals surface area contributed by atoms with Crippen molar-refractivity contribution in [3.63, 3.8) is 0 Å². The van der Waals surface area contributed by atoms with E-state index in [0.717, 1.165) is 24.8 Å². The summed E-state index contributed by atoms with van der Waals surface area (Å²) in [5.74, 6) is 0.662. The minimum atomic E-state index is -0.483. The molecule has 1 fully saturated rings. The molecule has 0 aliphatic carbocycles. The second kappa shape index (κ2) is 9.85. The van der Waals surface area contributed by atoms with Crippen molar-refractivity contribution in [1.29, 1.82) is 0 Å². The highest BCUT2D eigenvalue weighted by Crippen LogP contribution is 2.42. The van der Waals surface area contributed by atoms with Crippen LogP contribution in [0, 0.1) is 5.92 Å². The van der Waals surface area contributed by atoms with Crippen LogP contribution in [0.5, 0.6) is 0 Å². The predicted molar refractivity (Wildman–Crippen MR) is 102 cm³/mol. The normalized spacial score (nSPS) is 20.1. The van der Waals surface area contributed by atoms with E-state index in [1.807, 2.05) is 44.2 Å². The molecule has 1 aromatic carbocycles. The van der Waals surface area contributed by atoms with Gasteiger partial charge in [-0.1, -0.05) is 63.9 Å². The maximum absolute atomic E-state index is 12.9. The van der Waals surface area contributed by atoms with Crippen LogP contribution in [0.1, 0.15) is 57.4 Å². The van der Waals surface area contributed by atoms with Crippen molar-refractivity contribution >= 4 is 23.6 Å². The van der Waals surface area contributed by atoms with Gasteiger partial charge in [0.15, 0.2) is 0 Å². The molecule has 1 heterocycles. The number of thioether (sulfide) groups is 1. The fourth-order valence-electron chi connectivity index (χ4n) is 2.87. The minimum Gasteiger partial charge on any atom is -0.464 e. The molecule has 0 N–H and O–H groups in total. The number of hydrogen-bond acceptors (Lipinski definition) is 4. The quantitative estimate of drug-likeness (QED) is 0.507.